The Morgan fingerprint density at radius 1 is 0.571 bits per heavy atom. The Morgan fingerprint density at radius 2 is 1.29 bits per heavy atom. The number of fused-ring (bicyclic) bond motifs is 2. The third-order valence-electron chi connectivity index (χ3n) is 9.13. The van der Waals surface area contributed by atoms with Crippen molar-refractivity contribution in [2.24, 2.45) is 5.92 Å². The van der Waals surface area contributed by atoms with Gasteiger partial charge in [0.25, 0.3) is 0 Å². The lowest BCUT2D eigenvalue weighted by molar-refractivity contribution is 0.738. The van der Waals surface area contributed by atoms with Crippen LogP contribution in [0.4, 0.5) is 0 Å². The first-order valence-corrected chi connectivity index (χ1v) is 15.6. The molecule has 0 heterocycles. The number of hydrogen-bond donors (Lipinski definition) is 0. The van der Waals surface area contributed by atoms with Gasteiger partial charge in [-0.2, -0.15) is 0 Å². The molecule has 4 aliphatic rings. The van der Waals surface area contributed by atoms with Crippen molar-refractivity contribution in [1.29, 1.82) is 0 Å². The lowest BCUT2D eigenvalue weighted by Gasteiger charge is -2.27. The predicted molar refractivity (Wildman–Crippen MR) is 179 cm³/mol. The van der Waals surface area contributed by atoms with Crippen molar-refractivity contribution in [2.75, 3.05) is 0 Å². The highest BCUT2D eigenvalue weighted by atomic mass is 14.3. The van der Waals surface area contributed by atoms with Crippen molar-refractivity contribution in [1.82, 2.24) is 0 Å². The fourth-order valence-corrected chi connectivity index (χ4v) is 6.93. The number of rotatable bonds is 4. The summed E-state index contributed by atoms with van der Waals surface area (Å²) < 4.78 is 0. The van der Waals surface area contributed by atoms with Gasteiger partial charge in [-0.1, -0.05) is 146 Å². The van der Waals surface area contributed by atoms with E-state index in [4.69, 9.17) is 0 Å². The van der Waals surface area contributed by atoms with Gasteiger partial charge in [0.15, 0.2) is 0 Å². The van der Waals surface area contributed by atoms with E-state index in [0.29, 0.717) is 11.8 Å². The Bertz CT molecular complexity index is 1810. The van der Waals surface area contributed by atoms with Crippen molar-refractivity contribution in [2.45, 2.75) is 44.4 Å². The summed E-state index contributed by atoms with van der Waals surface area (Å²) in [7, 11) is 0. The molecule has 3 aromatic rings. The van der Waals surface area contributed by atoms with Crippen LogP contribution >= 0.6 is 0 Å². The zero-order valence-corrected chi connectivity index (χ0v) is 24.3. The Morgan fingerprint density at radius 3 is 2.05 bits per heavy atom. The second kappa shape index (κ2) is 12.2. The normalized spacial score (nSPS) is 21.7. The first-order valence-electron chi connectivity index (χ1n) is 15.6. The molecule has 7 rings (SSSR count). The van der Waals surface area contributed by atoms with E-state index in [2.05, 4.69) is 146 Å². The lowest BCUT2D eigenvalue weighted by atomic mass is 9.77. The Labute approximate surface area is 250 Å². The van der Waals surface area contributed by atoms with Gasteiger partial charge in [0.2, 0.25) is 0 Å². The van der Waals surface area contributed by atoms with E-state index in [9.17, 15) is 0 Å². The van der Waals surface area contributed by atoms with Crippen LogP contribution in [0.15, 0.2) is 156 Å². The summed E-state index contributed by atoms with van der Waals surface area (Å²) in [6.45, 7) is 0. The molecular formula is C42H38. The largest absolute Gasteiger partial charge is 0.0836 e. The zero-order valence-electron chi connectivity index (χ0n) is 24.3. The highest BCUT2D eigenvalue weighted by Gasteiger charge is 2.23. The summed E-state index contributed by atoms with van der Waals surface area (Å²) in [5.41, 5.74) is 11.3. The van der Waals surface area contributed by atoms with Crippen LogP contribution in [0.2, 0.25) is 0 Å². The number of benzene rings is 3. The van der Waals surface area contributed by atoms with E-state index in [1.54, 1.807) is 0 Å². The minimum atomic E-state index is 0.366. The minimum Gasteiger partial charge on any atom is -0.0836 e. The summed E-state index contributed by atoms with van der Waals surface area (Å²) >= 11 is 0. The van der Waals surface area contributed by atoms with Gasteiger partial charge in [-0.05, 0) is 93.5 Å². The molecule has 0 nitrogen and oxygen atoms in total. The van der Waals surface area contributed by atoms with Crippen LogP contribution in [0.1, 0.15) is 54.7 Å². The maximum absolute atomic E-state index is 2.54. The number of aryl methyl sites for hydroxylation is 1. The van der Waals surface area contributed by atoms with Gasteiger partial charge in [-0.3, -0.25) is 0 Å². The Balaban J connectivity index is 1.44. The molecule has 0 saturated carbocycles. The van der Waals surface area contributed by atoms with Crippen LogP contribution < -0.4 is 10.4 Å². The molecule has 206 valence electrons. The summed E-state index contributed by atoms with van der Waals surface area (Å²) in [6.07, 6.45) is 32.5. The fraction of sp³-hybridized carbons (Fsp3) is 0.190. The molecule has 0 amide bonds. The summed E-state index contributed by atoms with van der Waals surface area (Å²) in [6, 6.07) is 29.1. The van der Waals surface area contributed by atoms with Crippen LogP contribution in [0, 0.1) is 5.92 Å². The van der Waals surface area contributed by atoms with E-state index >= 15 is 0 Å². The molecule has 0 aromatic heterocycles. The molecule has 0 bridgehead atoms. The average Bonchev–Trinajstić information content (AvgIpc) is 3.07. The molecule has 0 fully saturated rings. The van der Waals surface area contributed by atoms with Gasteiger partial charge in [0.1, 0.15) is 0 Å². The van der Waals surface area contributed by atoms with E-state index in [0.717, 1.165) is 38.5 Å². The quantitative estimate of drug-likeness (QED) is 0.308. The van der Waals surface area contributed by atoms with Gasteiger partial charge >= 0.3 is 0 Å². The molecule has 3 aromatic carbocycles. The van der Waals surface area contributed by atoms with Crippen LogP contribution in [0.3, 0.4) is 0 Å². The van der Waals surface area contributed by atoms with Gasteiger partial charge in [0, 0.05) is 11.8 Å². The average molecular weight is 543 g/mol. The smallest absolute Gasteiger partial charge is 0.00646 e. The van der Waals surface area contributed by atoms with Gasteiger partial charge < -0.3 is 0 Å². The minimum absolute atomic E-state index is 0.366. The number of allylic oxidation sites excluding steroid dienone is 13. The second-order valence-electron chi connectivity index (χ2n) is 11.8. The predicted octanol–water partition coefficient (Wildman–Crippen LogP) is 9.10. The van der Waals surface area contributed by atoms with Crippen LogP contribution in [0.5, 0.6) is 0 Å². The van der Waals surface area contributed by atoms with Gasteiger partial charge in [0.05, 0.1) is 0 Å². The maximum Gasteiger partial charge on any atom is 0.00646 e. The van der Waals surface area contributed by atoms with E-state index < -0.39 is 0 Å². The molecule has 2 unspecified atom stereocenters. The Kier molecular flexibility index (Phi) is 7.70. The molecule has 0 aliphatic heterocycles. The van der Waals surface area contributed by atoms with Crippen LogP contribution in [0.25, 0.3) is 17.2 Å². The van der Waals surface area contributed by atoms with Crippen LogP contribution in [-0.4, -0.2) is 0 Å². The molecule has 0 N–H and O–H groups in total. The van der Waals surface area contributed by atoms with Gasteiger partial charge in [-0.15, -0.1) is 0 Å². The summed E-state index contributed by atoms with van der Waals surface area (Å²) in [5.74, 6) is 0.790. The van der Waals surface area contributed by atoms with Crippen molar-refractivity contribution in [3.63, 3.8) is 0 Å². The first kappa shape index (κ1) is 26.5. The second-order valence-corrected chi connectivity index (χ2v) is 11.8. The van der Waals surface area contributed by atoms with Crippen molar-refractivity contribution < 1.29 is 0 Å². The van der Waals surface area contributed by atoms with Crippen molar-refractivity contribution in [3.05, 3.63) is 183 Å². The third-order valence-corrected chi connectivity index (χ3v) is 9.13. The molecule has 42 heavy (non-hydrogen) atoms. The standard InChI is InChI=1S/C42H38/c1-2-10-22-40(38-29-36(31-15-5-3-6-16-31)28-37(30-38)32-17-7-4-8-18-32)42-24-14-13-23-41(42)39(21-9-1)35-26-25-33-19-11-12-20-34(33)27-35/h3-17,19-24,27-28,30,32,36H,1-2,18,25-26,29H2. The topological polar surface area (TPSA) is 0 Å². The zero-order chi connectivity index (χ0) is 28.1. The fourth-order valence-electron chi connectivity index (χ4n) is 6.93. The summed E-state index contributed by atoms with van der Waals surface area (Å²) in [5, 5.41) is 2.68. The van der Waals surface area contributed by atoms with E-state index in [1.807, 2.05) is 0 Å². The van der Waals surface area contributed by atoms with Crippen molar-refractivity contribution >= 4 is 17.2 Å². The molecule has 0 radical (unpaired) electrons. The maximum atomic E-state index is 2.54. The van der Waals surface area contributed by atoms with Crippen LogP contribution in [-0.2, 0) is 6.42 Å². The first-order chi connectivity index (χ1) is 20.8. The highest BCUT2D eigenvalue weighted by molar-refractivity contribution is 5.83. The molecular weight excluding hydrogens is 504 g/mol. The molecule has 0 spiro atoms. The molecule has 4 aliphatic carbocycles. The van der Waals surface area contributed by atoms with Crippen molar-refractivity contribution in [3.8, 4) is 0 Å². The van der Waals surface area contributed by atoms with E-state index in [-0.39, 0.29) is 0 Å². The van der Waals surface area contributed by atoms with E-state index in [1.165, 1.54) is 55.0 Å². The Hall–Kier alpha value is -4.42. The summed E-state index contributed by atoms with van der Waals surface area (Å²) in [4.78, 5) is 0. The lowest BCUT2D eigenvalue weighted by Crippen LogP contribution is -2.30. The molecule has 0 heteroatoms. The SMILES string of the molecule is C1=CCC(C2=CC(c3ccccc3)CC(C3=c4ccccc4=C(C4=Cc5ccccc5CC4)C=CCCC=C3)=C2)C=C1. The third kappa shape index (κ3) is 5.55. The highest BCUT2D eigenvalue weighted by Crippen LogP contribution is 2.39. The molecule has 2 atom stereocenters. The molecule has 0 saturated heterocycles. The van der Waals surface area contributed by atoms with Gasteiger partial charge in [-0.25, -0.2) is 0 Å². The number of hydrogen-bond acceptors (Lipinski definition) is 0. The monoisotopic (exact) mass is 542 g/mol.